The van der Waals surface area contributed by atoms with Gasteiger partial charge in [0, 0.05) is 6.54 Å². The van der Waals surface area contributed by atoms with Crippen LogP contribution >= 0.6 is 0 Å². The number of hydrogen-bond acceptors (Lipinski definition) is 4. The summed E-state index contributed by atoms with van der Waals surface area (Å²) in [5.74, 6) is -0.820. The van der Waals surface area contributed by atoms with Crippen LogP contribution in [0.15, 0.2) is 42.5 Å². The number of rotatable bonds is 7. The average Bonchev–Trinajstić information content (AvgIpc) is 2.76. The van der Waals surface area contributed by atoms with Gasteiger partial charge in [-0.15, -0.1) is 0 Å². The summed E-state index contributed by atoms with van der Waals surface area (Å²) in [6.07, 6.45) is -3.87. The zero-order valence-electron chi connectivity index (χ0n) is 17.8. The Bertz CT molecular complexity index is 1090. The predicted octanol–water partition coefficient (Wildman–Crippen LogP) is 4.21. The van der Waals surface area contributed by atoms with E-state index in [1.165, 1.54) is 6.92 Å². The first-order chi connectivity index (χ1) is 15.1. The van der Waals surface area contributed by atoms with Crippen molar-refractivity contribution in [1.82, 2.24) is 4.31 Å². The lowest BCUT2D eigenvalue weighted by molar-refractivity contribution is -0.137. The SMILES string of the molecule is CCCOc1ccc(C(F)(F)F)cc1NC(=O)C1Cc2ccccc2CN1S(=O)(=O)CC. The van der Waals surface area contributed by atoms with E-state index in [1.54, 1.807) is 18.2 Å². The molecule has 1 amide bonds. The molecule has 0 saturated carbocycles. The molecule has 0 saturated heterocycles. The lowest BCUT2D eigenvalue weighted by atomic mass is 9.95. The quantitative estimate of drug-likeness (QED) is 0.658. The number of sulfonamides is 1. The van der Waals surface area contributed by atoms with Gasteiger partial charge in [0.2, 0.25) is 15.9 Å². The van der Waals surface area contributed by atoms with Crippen molar-refractivity contribution >= 4 is 21.6 Å². The van der Waals surface area contributed by atoms with Crippen molar-refractivity contribution in [2.45, 2.75) is 45.5 Å². The second-order valence-corrected chi connectivity index (χ2v) is 9.69. The fourth-order valence-electron chi connectivity index (χ4n) is 3.54. The molecule has 1 N–H and O–H groups in total. The molecular formula is C22H25F3N2O4S. The van der Waals surface area contributed by atoms with Gasteiger partial charge in [0.25, 0.3) is 0 Å². The number of halogens is 3. The van der Waals surface area contributed by atoms with Crippen LogP contribution < -0.4 is 10.1 Å². The van der Waals surface area contributed by atoms with Gasteiger partial charge < -0.3 is 10.1 Å². The lowest BCUT2D eigenvalue weighted by Crippen LogP contribution is -2.51. The second-order valence-electron chi connectivity index (χ2n) is 7.48. The van der Waals surface area contributed by atoms with E-state index in [0.29, 0.717) is 6.42 Å². The zero-order chi connectivity index (χ0) is 23.5. The van der Waals surface area contributed by atoms with E-state index in [9.17, 15) is 26.4 Å². The van der Waals surface area contributed by atoms with Crippen LogP contribution in [0.25, 0.3) is 0 Å². The van der Waals surface area contributed by atoms with Gasteiger partial charge >= 0.3 is 6.18 Å². The molecule has 0 radical (unpaired) electrons. The van der Waals surface area contributed by atoms with Crippen LogP contribution in [0.5, 0.6) is 5.75 Å². The third-order valence-corrected chi connectivity index (χ3v) is 7.08. The predicted molar refractivity (Wildman–Crippen MR) is 115 cm³/mol. The van der Waals surface area contributed by atoms with Crippen molar-refractivity contribution in [2.75, 3.05) is 17.7 Å². The van der Waals surface area contributed by atoms with E-state index in [1.807, 2.05) is 13.0 Å². The first-order valence-corrected chi connectivity index (χ1v) is 11.9. The summed E-state index contributed by atoms with van der Waals surface area (Å²) < 4.78 is 71.7. The fourth-order valence-corrected chi connectivity index (χ4v) is 4.76. The molecule has 1 unspecified atom stereocenters. The van der Waals surface area contributed by atoms with Gasteiger partial charge in [-0.05, 0) is 49.1 Å². The molecule has 174 valence electrons. The van der Waals surface area contributed by atoms with E-state index in [-0.39, 0.29) is 36.8 Å². The van der Waals surface area contributed by atoms with Crippen LogP contribution in [-0.2, 0) is 34.0 Å². The minimum absolute atomic E-state index is 0.0201. The molecule has 2 aromatic carbocycles. The maximum absolute atomic E-state index is 13.2. The molecule has 2 aromatic rings. The Morgan fingerprint density at radius 3 is 2.47 bits per heavy atom. The van der Waals surface area contributed by atoms with Crippen molar-refractivity contribution in [3.05, 3.63) is 59.2 Å². The molecule has 1 aliphatic heterocycles. The topological polar surface area (TPSA) is 75.7 Å². The Morgan fingerprint density at radius 1 is 1.16 bits per heavy atom. The molecule has 0 aliphatic carbocycles. The van der Waals surface area contributed by atoms with Crippen LogP contribution in [0.2, 0.25) is 0 Å². The molecule has 1 heterocycles. The van der Waals surface area contributed by atoms with Gasteiger partial charge in [0.05, 0.1) is 23.6 Å². The van der Waals surface area contributed by atoms with Crippen molar-refractivity contribution in [1.29, 1.82) is 0 Å². The van der Waals surface area contributed by atoms with Crippen LogP contribution in [0.3, 0.4) is 0 Å². The number of nitrogens with zero attached hydrogens (tertiary/aromatic N) is 1. The van der Waals surface area contributed by atoms with E-state index >= 15 is 0 Å². The van der Waals surface area contributed by atoms with Crippen LogP contribution in [-0.4, -0.2) is 37.0 Å². The summed E-state index contributed by atoms with van der Waals surface area (Å²) in [6, 6.07) is 8.94. The first kappa shape index (κ1) is 24.1. The van der Waals surface area contributed by atoms with E-state index in [4.69, 9.17) is 4.74 Å². The van der Waals surface area contributed by atoms with E-state index in [2.05, 4.69) is 5.32 Å². The smallest absolute Gasteiger partial charge is 0.416 e. The Labute approximate surface area is 185 Å². The van der Waals surface area contributed by atoms with Crippen LogP contribution in [0.4, 0.5) is 18.9 Å². The molecule has 6 nitrogen and oxygen atoms in total. The van der Waals surface area contributed by atoms with Gasteiger partial charge in [-0.1, -0.05) is 31.2 Å². The van der Waals surface area contributed by atoms with Crippen molar-refractivity contribution < 1.29 is 31.1 Å². The highest BCUT2D eigenvalue weighted by Gasteiger charge is 2.38. The zero-order valence-corrected chi connectivity index (χ0v) is 18.6. The Kier molecular flexibility index (Phi) is 7.14. The number of fused-ring (bicyclic) bond motifs is 1. The molecule has 0 fully saturated rings. The summed E-state index contributed by atoms with van der Waals surface area (Å²) in [7, 11) is -3.74. The molecule has 3 rings (SSSR count). The molecule has 1 atom stereocenters. The Hall–Kier alpha value is -2.59. The highest BCUT2D eigenvalue weighted by molar-refractivity contribution is 7.89. The number of nitrogens with one attached hydrogen (secondary N) is 1. The van der Waals surface area contributed by atoms with Gasteiger partial charge in [0.15, 0.2) is 0 Å². The number of amides is 1. The van der Waals surface area contributed by atoms with Gasteiger partial charge in [-0.3, -0.25) is 4.79 Å². The number of hydrogen-bond donors (Lipinski definition) is 1. The van der Waals surface area contributed by atoms with Crippen molar-refractivity contribution in [2.24, 2.45) is 0 Å². The number of alkyl halides is 3. The summed E-state index contributed by atoms with van der Waals surface area (Å²) >= 11 is 0. The van der Waals surface area contributed by atoms with E-state index in [0.717, 1.165) is 33.6 Å². The van der Waals surface area contributed by atoms with Gasteiger partial charge in [-0.2, -0.15) is 17.5 Å². The average molecular weight is 471 g/mol. The normalized spacial score (nSPS) is 17.0. The van der Waals surface area contributed by atoms with Gasteiger partial charge in [-0.25, -0.2) is 8.42 Å². The number of carbonyl (C=O) groups is 1. The minimum Gasteiger partial charge on any atom is -0.491 e. The van der Waals surface area contributed by atoms with E-state index < -0.39 is 33.7 Å². The molecule has 0 aromatic heterocycles. The van der Waals surface area contributed by atoms with Crippen molar-refractivity contribution in [3.63, 3.8) is 0 Å². The molecule has 10 heteroatoms. The maximum atomic E-state index is 13.2. The molecule has 32 heavy (non-hydrogen) atoms. The summed E-state index contributed by atoms with van der Waals surface area (Å²) in [4.78, 5) is 13.2. The minimum atomic E-state index is -4.61. The Balaban J connectivity index is 1.96. The lowest BCUT2D eigenvalue weighted by Gasteiger charge is -2.35. The summed E-state index contributed by atoms with van der Waals surface area (Å²) in [5, 5.41) is 2.49. The largest absolute Gasteiger partial charge is 0.491 e. The molecule has 1 aliphatic rings. The highest BCUT2D eigenvalue weighted by Crippen LogP contribution is 2.36. The van der Waals surface area contributed by atoms with Crippen LogP contribution in [0, 0.1) is 0 Å². The highest BCUT2D eigenvalue weighted by atomic mass is 32.2. The second kappa shape index (κ2) is 9.50. The number of anilines is 1. The number of benzene rings is 2. The monoisotopic (exact) mass is 470 g/mol. The fraction of sp³-hybridized carbons (Fsp3) is 0.409. The molecule has 0 spiro atoms. The Morgan fingerprint density at radius 2 is 1.84 bits per heavy atom. The molecular weight excluding hydrogens is 445 g/mol. The number of ether oxygens (including phenoxy) is 1. The maximum Gasteiger partial charge on any atom is 0.416 e. The number of carbonyl (C=O) groups excluding carboxylic acids is 1. The van der Waals surface area contributed by atoms with Crippen LogP contribution in [0.1, 0.15) is 37.0 Å². The summed E-state index contributed by atoms with van der Waals surface area (Å²) in [6.45, 7) is 3.59. The third kappa shape index (κ3) is 5.24. The standard InChI is InChI=1S/C22H25F3N2O4S/c1-3-11-31-20-10-9-17(22(23,24)25)13-18(20)26-21(28)19-12-15-7-5-6-8-16(15)14-27(19)32(29,30)4-2/h5-10,13,19H,3-4,11-12,14H2,1-2H3,(H,26,28). The van der Waals surface area contributed by atoms with Gasteiger partial charge in [0.1, 0.15) is 11.8 Å². The third-order valence-electron chi connectivity index (χ3n) is 5.26. The first-order valence-electron chi connectivity index (χ1n) is 10.3. The van der Waals surface area contributed by atoms with Crippen molar-refractivity contribution in [3.8, 4) is 5.75 Å². The molecule has 0 bridgehead atoms. The summed E-state index contributed by atoms with van der Waals surface area (Å²) in [5.41, 5.74) is 0.524.